The molecule has 90 valence electrons. The van der Waals surface area contributed by atoms with Crippen LogP contribution in [0.25, 0.3) is 0 Å². The number of carbonyl (C=O) groups is 2. The fourth-order valence-corrected chi connectivity index (χ4v) is 0.270. The number of carboxylic acids is 2. The maximum atomic E-state index is 9.77. The first-order valence-corrected chi connectivity index (χ1v) is 3.91. The van der Waals surface area contributed by atoms with Crippen LogP contribution in [-0.4, -0.2) is 63.0 Å². The molecule has 0 amide bonds. The Morgan fingerprint density at radius 2 is 1.20 bits per heavy atom. The summed E-state index contributed by atoms with van der Waals surface area (Å²) >= 11 is 0. The molecule has 0 bridgehead atoms. The van der Waals surface area contributed by atoms with Crippen molar-refractivity contribution < 1.29 is 35.1 Å². The molecule has 0 heterocycles. The first-order valence-electron chi connectivity index (χ1n) is 3.91. The molecule has 0 aromatic heterocycles. The highest BCUT2D eigenvalue weighted by atomic mass is 16.4. The zero-order chi connectivity index (χ0) is 12.6. The highest BCUT2D eigenvalue weighted by Crippen LogP contribution is 1.92. The molecule has 0 aliphatic carbocycles. The first kappa shape index (κ1) is 16.2. The fourth-order valence-electron chi connectivity index (χ4n) is 0.270. The Bertz CT molecular complexity index is 188. The molecular weight excluding hydrogens is 210 g/mol. The van der Waals surface area contributed by atoms with E-state index in [0.717, 1.165) is 0 Å². The van der Waals surface area contributed by atoms with Gasteiger partial charge in [0.1, 0.15) is 6.23 Å². The van der Waals surface area contributed by atoms with Crippen LogP contribution in [-0.2, 0) is 9.59 Å². The molecule has 3 atom stereocenters. The van der Waals surface area contributed by atoms with Crippen molar-refractivity contribution in [2.75, 3.05) is 7.05 Å². The lowest BCUT2D eigenvalue weighted by Crippen LogP contribution is -2.39. The van der Waals surface area contributed by atoms with Gasteiger partial charge < -0.3 is 25.5 Å². The Hall–Kier alpha value is -1.22. The molecule has 0 aliphatic rings. The second-order valence-electron chi connectivity index (χ2n) is 2.53. The zero-order valence-electron chi connectivity index (χ0n) is 8.28. The van der Waals surface area contributed by atoms with Crippen molar-refractivity contribution in [1.82, 2.24) is 5.32 Å². The third-order valence-corrected chi connectivity index (χ3v) is 1.22. The normalized spacial score (nSPS) is 15.5. The van der Waals surface area contributed by atoms with Crippen molar-refractivity contribution in [2.45, 2.75) is 25.4 Å². The lowest BCUT2D eigenvalue weighted by molar-refractivity contribution is -0.165. The van der Waals surface area contributed by atoms with E-state index in [1.54, 1.807) is 14.0 Å². The van der Waals surface area contributed by atoms with Crippen LogP contribution in [0, 0.1) is 0 Å². The Labute approximate surface area is 85.8 Å². The number of aliphatic hydroxyl groups excluding tert-OH is 3. The summed E-state index contributed by atoms with van der Waals surface area (Å²) in [5.74, 6) is -3.54. The summed E-state index contributed by atoms with van der Waals surface area (Å²) in [6.07, 6.45) is -4.90. The average Bonchev–Trinajstić information content (AvgIpc) is 2.16. The van der Waals surface area contributed by atoms with E-state index in [1.807, 2.05) is 0 Å². The van der Waals surface area contributed by atoms with Gasteiger partial charge >= 0.3 is 11.9 Å². The molecule has 0 aromatic rings. The molecule has 8 nitrogen and oxygen atoms in total. The number of aliphatic hydroxyl groups is 3. The molecule has 0 saturated heterocycles. The predicted molar refractivity (Wildman–Crippen MR) is 48.0 cm³/mol. The van der Waals surface area contributed by atoms with Crippen LogP contribution in [0.4, 0.5) is 0 Å². The first-order chi connectivity index (χ1) is 6.73. The minimum Gasteiger partial charge on any atom is -0.479 e. The molecule has 0 saturated carbocycles. The quantitative estimate of drug-likeness (QED) is 0.286. The molecule has 8 heteroatoms. The smallest absolute Gasteiger partial charge is 0.335 e. The van der Waals surface area contributed by atoms with Crippen molar-refractivity contribution in [2.24, 2.45) is 0 Å². The summed E-state index contributed by atoms with van der Waals surface area (Å²) in [4.78, 5) is 19.5. The number of rotatable bonds is 4. The van der Waals surface area contributed by atoms with Crippen LogP contribution < -0.4 is 5.32 Å². The van der Waals surface area contributed by atoms with E-state index in [4.69, 9.17) is 25.5 Å². The molecule has 6 N–H and O–H groups in total. The number of aliphatic carboxylic acids is 2. The summed E-state index contributed by atoms with van der Waals surface area (Å²) in [7, 11) is 1.70. The van der Waals surface area contributed by atoms with E-state index in [0.29, 0.717) is 0 Å². The van der Waals surface area contributed by atoms with Gasteiger partial charge in [-0.2, -0.15) is 0 Å². The minimum absolute atomic E-state index is 0.366. The van der Waals surface area contributed by atoms with Crippen LogP contribution in [0.3, 0.4) is 0 Å². The SMILES string of the molecule is CNC(C)O.O=C(O)C(O)C(O)C(=O)O. The van der Waals surface area contributed by atoms with Crippen molar-refractivity contribution in [3.05, 3.63) is 0 Å². The second kappa shape index (κ2) is 8.12. The molecule has 0 rings (SSSR count). The molecule has 0 fully saturated rings. The standard InChI is InChI=1S/C4H6O6.C3H9NO/c5-1(3(7)8)2(6)4(9)10;1-3(5)4-2/h1-2,5-6H,(H,7,8)(H,9,10);3-5H,1-2H3. The highest BCUT2D eigenvalue weighted by Gasteiger charge is 2.29. The number of carboxylic acid groups (broad SMARTS) is 2. The highest BCUT2D eigenvalue weighted by molar-refractivity contribution is 5.82. The molecule has 0 aromatic carbocycles. The van der Waals surface area contributed by atoms with E-state index in [9.17, 15) is 9.59 Å². The summed E-state index contributed by atoms with van der Waals surface area (Å²) < 4.78 is 0. The van der Waals surface area contributed by atoms with Crippen molar-refractivity contribution in [3.8, 4) is 0 Å². The Morgan fingerprint density at radius 1 is 1.00 bits per heavy atom. The van der Waals surface area contributed by atoms with Gasteiger partial charge in [0.25, 0.3) is 0 Å². The van der Waals surface area contributed by atoms with Crippen molar-refractivity contribution >= 4 is 11.9 Å². The van der Waals surface area contributed by atoms with Crippen LogP contribution in [0.2, 0.25) is 0 Å². The number of hydrogen-bond acceptors (Lipinski definition) is 6. The average molecular weight is 225 g/mol. The van der Waals surface area contributed by atoms with Gasteiger partial charge in [0, 0.05) is 0 Å². The van der Waals surface area contributed by atoms with Crippen LogP contribution >= 0.6 is 0 Å². The van der Waals surface area contributed by atoms with Gasteiger partial charge in [0.05, 0.1) is 0 Å². The van der Waals surface area contributed by atoms with Gasteiger partial charge in [-0.3, -0.25) is 5.32 Å². The predicted octanol–water partition coefficient (Wildman–Crippen LogP) is -2.58. The molecule has 0 aliphatic heterocycles. The topological polar surface area (TPSA) is 147 Å². The molecule has 3 unspecified atom stereocenters. The van der Waals surface area contributed by atoms with E-state index >= 15 is 0 Å². The second-order valence-corrected chi connectivity index (χ2v) is 2.53. The number of hydrogen-bond donors (Lipinski definition) is 6. The van der Waals surface area contributed by atoms with E-state index in [-0.39, 0.29) is 6.23 Å². The van der Waals surface area contributed by atoms with Crippen molar-refractivity contribution in [1.29, 1.82) is 0 Å². The maximum absolute atomic E-state index is 9.77. The van der Waals surface area contributed by atoms with Crippen molar-refractivity contribution in [3.63, 3.8) is 0 Å². The van der Waals surface area contributed by atoms with Gasteiger partial charge in [-0.25, -0.2) is 9.59 Å². The van der Waals surface area contributed by atoms with Gasteiger partial charge in [0.2, 0.25) is 0 Å². The van der Waals surface area contributed by atoms with Gasteiger partial charge in [-0.15, -0.1) is 0 Å². The van der Waals surface area contributed by atoms with Crippen LogP contribution in [0.1, 0.15) is 6.92 Å². The Kier molecular flexibility index (Phi) is 8.78. The molecule has 0 radical (unpaired) electrons. The van der Waals surface area contributed by atoms with Gasteiger partial charge in [-0.05, 0) is 14.0 Å². The number of nitrogens with one attached hydrogen (secondary N) is 1. The van der Waals surface area contributed by atoms with E-state index in [1.165, 1.54) is 0 Å². The lowest BCUT2D eigenvalue weighted by Gasteiger charge is -2.07. The van der Waals surface area contributed by atoms with E-state index in [2.05, 4.69) is 5.32 Å². The van der Waals surface area contributed by atoms with E-state index < -0.39 is 24.1 Å². The Morgan fingerprint density at radius 3 is 1.27 bits per heavy atom. The van der Waals surface area contributed by atoms with Gasteiger partial charge in [-0.1, -0.05) is 0 Å². The summed E-state index contributed by atoms with van der Waals surface area (Å²) in [5.41, 5.74) is 0. The zero-order valence-corrected chi connectivity index (χ0v) is 8.28. The van der Waals surface area contributed by atoms with Crippen LogP contribution in [0.15, 0.2) is 0 Å². The maximum Gasteiger partial charge on any atom is 0.335 e. The molecular formula is C7H15NO7. The third kappa shape index (κ3) is 9.09. The largest absolute Gasteiger partial charge is 0.479 e. The molecule has 0 spiro atoms. The third-order valence-electron chi connectivity index (χ3n) is 1.22. The summed E-state index contributed by atoms with van der Waals surface area (Å²) in [5, 5.41) is 43.4. The molecule has 15 heavy (non-hydrogen) atoms. The lowest BCUT2D eigenvalue weighted by atomic mass is 10.2. The fraction of sp³-hybridized carbons (Fsp3) is 0.714. The minimum atomic E-state index is -2.27. The van der Waals surface area contributed by atoms with Crippen LogP contribution in [0.5, 0.6) is 0 Å². The monoisotopic (exact) mass is 225 g/mol. The summed E-state index contributed by atoms with van der Waals surface area (Å²) in [6.45, 7) is 1.67. The summed E-state index contributed by atoms with van der Waals surface area (Å²) in [6, 6.07) is 0. The van der Waals surface area contributed by atoms with Gasteiger partial charge in [0.15, 0.2) is 12.2 Å². The Balaban J connectivity index is 0.